The van der Waals surface area contributed by atoms with Crippen molar-refractivity contribution in [2.75, 3.05) is 41.9 Å². The monoisotopic (exact) mass is 467 g/mol. The number of aromatic nitrogens is 2. The van der Waals surface area contributed by atoms with Gasteiger partial charge in [-0.2, -0.15) is 5.10 Å². The summed E-state index contributed by atoms with van der Waals surface area (Å²) in [6, 6.07) is 17.2. The third kappa shape index (κ3) is 4.73. The lowest BCUT2D eigenvalue weighted by Gasteiger charge is -2.37. The fraction of sp³-hybridized carbons (Fsp3) is 0.333. The van der Waals surface area contributed by atoms with Crippen LogP contribution < -0.4 is 9.21 Å². The summed E-state index contributed by atoms with van der Waals surface area (Å²) in [4.78, 5) is 17.3. The van der Waals surface area contributed by atoms with E-state index in [-0.39, 0.29) is 17.3 Å². The first-order valence-electron chi connectivity index (χ1n) is 11.0. The summed E-state index contributed by atoms with van der Waals surface area (Å²) in [7, 11) is -3.99. The van der Waals surface area contributed by atoms with Crippen LogP contribution in [0.1, 0.15) is 17.0 Å². The van der Waals surface area contributed by atoms with Crippen molar-refractivity contribution in [3.8, 4) is 0 Å². The number of para-hydroxylation sites is 1. The number of aryl methyl sites for hydroxylation is 3. The van der Waals surface area contributed by atoms with Crippen molar-refractivity contribution in [3.05, 3.63) is 71.5 Å². The van der Waals surface area contributed by atoms with Crippen molar-refractivity contribution in [1.29, 1.82) is 0 Å². The average molecular weight is 468 g/mol. The topological polar surface area (TPSA) is 89.6 Å². The van der Waals surface area contributed by atoms with E-state index < -0.39 is 10.0 Å². The Balaban J connectivity index is 1.56. The van der Waals surface area contributed by atoms with Gasteiger partial charge in [0.15, 0.2) is 0 Å². The van der Waals surface area contributed by atoms with Crippen LogP contribution in [-0.2, 0) is 14.8 Å². The molecular weight excluding hydrogens is 438 g/mol. The molecule has 1 aromatic heterocycles. The smallest absolute Gasteiger partial charge is 0.268 e. The Kier molecular flexibility index (Phi) is 6.42. The standard InChI is InChI=1S/C24H29N5O3S/c1-18-9-11-22(12-10-18)29(33(31,32)24-19(2)25-26-20(24)3)17-23(30)28-15-13-27(14-16-28)21-7-5-4-6-8-21/h4-12H,13-17H2,1-3H3,(H,25,26). The number of sulfonamides is 1. The van der Waals surface area contributed by atoms with Crippen molar-refractivity contribution in [1.82, 2.24) is 15.1 Å². The van der Waals surface area contributed by atoms with E-state index in [2.05, 4.69) is 27.2 Å². The van der Waals surface area contributed by atoms with Crippen LogP contribution in [0.15, 0.2) is 59.5 Å². The first kappa shape index (κ1) is 22.8. The maximum atomic E-state index is 13.7. The van der Waals surface area contributed by atoms with Gasteiger partial charge >= 0.3 is 0 Å². The van der Waals surface area contributed by atoms with Gasteiger partial charge in [0.25, 0.3) is 10.0 Å². The largest absolute Gasteiger partial charge is 0.368 e. The molecule has 4 rings (SSSR count). The van der Waals surface area contributed by atoms with Crippen LogP contribution in [0.4, 0.5) is 11.4 Å². The molecule has 2 aromatic carbocycles. The normalized spacial score (nSPS) is 14.4. The molecule has 9 heteroatoms. The van der Waals surface area contributed by atoms with E-state index in [1.807, 2.05) is 37.3 Å². The number of hydrogen-bond donors (Lipinski definition) is 1. The second kappa shape index (κ2) is 9.27. The van der Waals surface area contributed by atoms with Crippen LogP contribution >= 0.6 is 0 Å². The number of nitrogens with one attached hydrogen (secondary N) is 1. The number of nitrogens with zero attached hydrogens (tertiary/aromatic N) is 4. The Bertz CT molecular complexity index is 1200. The van der Waals surface area contributed by atoms with E-state index in [1.165, 1.54) is 4.31 Å². The fourth-order valence-corrected chi connectivity index (χ4v) is 5.88. The van der Waals surface area contributed by atoms with Crippen molar-refractivity contribution in [3.63, 3.8) is 0 Å². The van der Waals surface area contributed by atoms with Gasteiger partial charge in [-0.25, -0.2) is 8.42 Å². The molecule has 0 radical (unpaired) electrons. The van der Waals surface area contributed by atoms with Gasteiger partial charge in [0, 0.05) is 31.9 Å². The Labute approximate surface area is 194 Å². The molecule has 0 unspecified atom stereocenters. The van der Waals surface area contributed by atoms with Crippen LogP contribution in [0.5, 0.6) is 0 Å². The molecule has 2 heterocycles. The lowest BCUT2D eigenvalue weighted by Crippen LogP contribution is -2.52. The van der Waals surface area contributed by atoms with Crippen molar-refractivity contribution >= 4 is 27.3 Å². The third-order valence-corrected chi connectivity index (χ3v) is 8.00. The Morgan fingerprint density at radius 1 is 0.970 bits per heavy atom. The van der Waals surface area contributed by atoms with Gasteiger partial charge in [0.2, 0.25) is 5.91 Å². The van der Waals surface area contributed by atoms with Crippen molar-refractivity contribution in [2.45, 2.75) is 25.7 Å². The zero-order chi connectivity index (χ0) is 23.6. The highest BCUT2D eigenvalue weighted by Crippen LogP contribution is 2.27. The number of aromatic amines is 1. The predicted molar refractivity (Wildman–Crippen MR) is 129 cm³/mol. The quantitative estimate of drug-likeness (QED) is 0.602. The minimum Gasteiger partial charge on any atom is -0.368 e. The van der Waals surface area contributed by atoms with Crippen LogP contribution in [-0.4, -0.2) is 62.1 Å². The molecule has 0 saturated carbocycles. The molecule has 1 N–H and O–H groups in total. The molecule has 0 atom stereocenters. The number of piperazine rings is 1. The molecule has 1 amide bonds. The third-order valence-electron chi connectivity index (χ3n) is 5.96. The second-order valence-corrected chi connectivity index (χ2v) is 10.1. The Hall–Kier alpha value is -3.33. The van der Waals surface area contributed by atoms with E-state index in [4.69, 9.17) is 0 Å². The molecule has 1 aliphatic rings. The lowest BCUT2D eigenvalue weighted by atomic mass is 10.2. The van der Waals surface area contributed by atoms with Gasteiger partial charge in [0.1, 0.15) is 11.4 Å². The number of rotatable bonds is 6. The fourth-order valence-electron chi connectivity index (χ4n) is 4.13. The van der Waals surface area contributed by atoms with E-state index in [1.54, 1.807) is 30.9 Å². The number of anilines is 2. The Morgan fingerprint density at radius 3 is 2.18 bits per heavy atom. The minimum atomic E-state index is -3.99. The SMILES string of the molecule is Cc1ccc(N(CC(=O)N2CCN(c3ccccc3)CC2)S(=O)(=O)c2c(C)n[nH]c2C)cc1. The molecule has 0 aliphatic carbocycles. The molecule has 1 fully saturated rings. The van der Waals surface area contributed by atoms with Gasteiger partial charge in [-0.15, -0.1) is 0 Å². The zero-order valence-electron chi connectivity index (χ0n) is 19.2. The van der Waals surface area contributed by atoms with Crippen LogP contribution in [0.3, 0.4) is 0 Å². The van der Waals surface area contributed by atoms with Crippen LogP contribution in [0.25, 0.3) is 0 Å². The molecule has 1 saturated heterocycles. The van der Waals surface area contributed by atoms with Gasteiger partial charge < -0.3 is 9.80 Å². The average Bonchev–Trinajstić information content (AvgIpc) is 3.17. The summed E-state index contributed by atoms with van der Waals surface area (Å²) >= 11 is 0. The van der Waals surface area contributed by atoms with Crippen molar-refractivity contribution in [2.24, 2.45) is 0 Å². The molecular formula is C24H29N5O3S. The first-order valence-corrected chi connectivity index (χ1v) is 12.4. The number of H-pyrrole nitrogens is 1. The van der Waals surface area contributed by atoms with E-state index >= 15 is 0 Å². The molecule has 1 aliphatic heterocycles. The molecule has 3 aromatic rings. The highest BCUT2D eigenvalue weighted by atomic mass is 32.2. The second-order valence-electron chi connectivity index (χ2n) is 8.31. The van der Waals surface area contributed by atoms with Gasteiger partial charge in [-0.3, -0.25) is 14.2 Å². The number of carbonyl (C=O) groups excluding carboxylic acids is 1. The summed E-state index contributed by atoms with van der Waals surface area (Å²) in [5, 5.41) is 6.79. The van der Waals surface area contributed by atoms with Gasteiger partial charge in [0.05, 0.1) is 17.1 Å². The summed E-state index contributed by atoms with van der Waals surface area (Å²) in [6.07, 6.45) is 0. The maximum Gasteiger partial charge on any atom is 0.268 e. The van der Waals surface area contributed by atoms with E-state index in [0.717, 1.165) is 11.3 Å². The van der Waals surface area contributed by atoms with E-state index in [9.17, 15) is 13.2 Å². The number of benzene rings is 2. The highest BCUT2D eigenvalue weighted by Gasteiger charge is 2.33. The lowest BCUT2D eigenvalue weighted by molar-refractivity contribution is -0.129. The number of carbonyl (C=O) groups is 1. The summed E-state index contributed by atoms with van der Waals surface area (Å²) in [6.45, 7) is 7.48. The van der Waals surface area contributed by atoms with Crippen LogP contribution in [0, 0.1) is 20.8 Å². The predicted octanol–water partition coefficient (Wildman–Crippen LogP) is 2.88. The first-order chi connectivity index (χ1) is 15.8. The van der Waals surface area contributed by atoms with Crippen molar-refractivity contribution < 1.29 is 13.2 Å². The molecule has 0 bridgehead atoms. The molecule has 33 heavy (non-hydrogen) atoms. The Morgan fingerprint density at radius 2 is 1.61 bits per heavy atom. The summed E-state index contributed by atoms with van der Waals surface area (Å²) in [5.41, 5.74) is 3.42. The molecule has 8 nitrogen and oxygen atoms in total. The number of amides is 1. The highest BCUT2D eigenvalue weighted by molar-refractivity contribution is 7.93. The molecule has 0 spiro atoms. The number of hydrogen-bond acceptors (Lipinski definition) is 5. The maximum absolute atomic E-state index is 13.7. The van der Waals surface area contributed by atoms with Crippen LogP contribution in [0.2, 0.25) is 0 Å². The van der Waals surface area contributed by atoms with Gasteiger partial charge in [-0.05, 0) is 45.0 Å². The molecule has 174 valence electrons. The van der Waals surface area contributed by atoms with Gasteiger partial charge in [-0.1, -0.05) is 35.9 Å². The minimum absolute atomic E-state index is 0.116. The summed E-state index contributed by atoms with van der Waals surface area (Å²) in [5.74, 6) is -0.217. The van der Waals surface area contributed by atoms with E-state index in [0.29, 0.717) is 43.3 Å². The summed E-state index contributed by atoms with van der Waals surface area (Å²) < 4.78 is 28.5. The zero-order valence-corrected chi connectivity index (χ0v) is 20.0.